The molecule has 12 heavy (non-hydrogen) atoms. The highest BCUT2D eigenvalue weighted by atomic mass is 127. The Kier molecular flexibility index (Phi) is 3.92. The van der Waals surface area contributed by atoms with E-state index in [1.54, 1.807) is 13.2 Å². The molecular formula is C8H7BrFIO. The number of ether oxygens (including phenoxy) is 1. The van der Waals surface area contributed by atoms with Crippen molar-refractivity contribution < 1.29 is 9.13 Å². The summed E-state index contributed by atoms with van der Waals surface area (Å²) in [6, 6.07) is 3.54. The molecule has 0 N–H and O–H groups in total. The van der Waals surface area contributed by atoms with E-state index in [2.05, 4.69) is 15.9 Å². The van der Waals surface area contributed by atoms with E-state index in [1.165, 1.54) is 0 Å². The molecule has 0 amide bonds. The Labute approximate surface area is 92.6 Å². The van der Waals surface area contributed by atoms with Gasteiger partial charge in [0.15, 0.2) is 0 Å². The summed E-state index contributed by atoms with van der Waals surface area (Å²) in [6.45, 7) is 0.295. The summed E-state index contributed by atoms with van der Waals surface area (Å²) in [5, 5.41) is 0. The molecule has 0 aliphatic carbocycles. The first-order chi connectivity index (χ1) is 5.66. The lowest BCUT2D eigenvalue weighted by Gasteiger charge is -2.05. The van der Waals surface area contributed by atoms with Crippen molar-refractivity contribution in [3.8, 4) is 0 Å². The Morgan fingerprint density at radius 3 is 2.83 bits per heavy atom. The number of halogens is 3. The molecule has 1 nitrogen and oxygen atoms in total. The second-order valence-corrected chi connectivity index (χ2v) is 4.27. The van der Waals surface area contributed by atoms with Gasteiger partial charge in [0, 0.05) is 20.7 Å². The van der Waals surface area contributed by atoms with Gasteiger partial charge < -0.3 is 4.74 Å². The van der Waals surface area contributed by atoms with Gasteiger partial charge in [-0.2, -0.15) is 0 Å². The maximum absolute atomic E-state index is 13.3. The number of methoxy groups -OCH3 is 1. The fourth-order valence-electron chi connectivity index (χ4n) is 0.846. The van der Waals surface area contributed by atoms with Crippen LogP contribution >= 0.6 is 38.5 Å². The van der Waals surface area contributed by atoms with E-state index in [1.807, 2.05) is 28.7 Å². The summed E-state index contributed by atoms with van der Waals surface area (Å²) in [7, 11) is 1.55. The van der Waals surface area contributed by atoms with Gasteiger partial charge in [-0.05, 0) is 34.7 Å². The smallest absolute Gasteiger partial charge is 0.143 e. The summed E-state index contributed by atoms with van der Waals surface area (Å²) in [5.41, 5.74) is 0.574. The fourth-order valence-corrected chi connectivity index (χ4v) is 1.77. The lowest BCUT2D eigenvalue weighted by atomic mass is 10.2. The van der Waals surface area contributed by atoms with Gasteiger partial charge >= 0.3 is 0 Å². The number of hydrogen-bond acceptors (Lipinski definition) is 1. The van der Waals surface area contributed by atoms with Gasteiger partial charge in [-0.15, -0.1) is 0 Å². The van der Waals surface area contributed by atoms with Crippen LogP contribution in [0.3, 0.4) is 0 Å². The van der Waals surface area contributed by atoms with E-state index >= 15 is 0 Å². The molecule has 4 heteroatoms. The molecule has 0 saturated heterocycles. The highest BCUT2D eigenvalue weighted by Gasteiger charge is 2.09. The summed E-state index contributed by atoms with van der Waals surface area (Å²) >= 11 is 5.21. The molecule has 0 radical (unpaired) electrons. The van der Waals surface area contributed by atoms with E-state index in [-0.39, 0.29) is 5.82 Å². The van der Waals surface area contributed by atoms with E-state index in [4.69, 9.17) is 4.74 Å². The maximum Gasteiger partial charge on any atom is 0.143 e. The topological polar surface area (TPSA) is 9.23 Å². The van der Waals surface area contributed by atoms with E-state index < -0.39 is 0 Å². The standard InChI is InChI=1S/C8H7BrFIO/c1-12-4-5-6(9)2-3-7(11)8(5)10/h2-3H,4H2,1H3. The van der Waals surface area contributed by atoms with Crippen LogP contribution in [0.5, 0.6) is 0 Å². The van der Waals surface area contributed by atoms with Gasteiger partial charge in [0.05, 0.1) is 6.61 Å². The van der Waals surface area contributed by atoms with Gasteiger partial charge in [-0.1, -0.05) is 15.9 Å². The summed E-state index contributed by atoms with van der Waals surface area (Å²) in [4.78, 5) is 0. The molecule has 1 aromatic rings. The molecule has 1 aromatic carbocycles. The molecule has 0 heterocycles. The number of benzene rings is 1. The van der Waals surface area contributed by atoms with Crippen molar-refractivity contribution in [3.63, 3.8) is 0 Å². The highest BCUT2D eigenvalue weighted by molar-refractivity contribution is 14.1. The molecule has 0 saturated carbocycles. The van der Waals surface area contributed by atoms with Crippen LogP contribution in [0.4, 0.5) is 4.39 Å². The lowest BCUT2D eigenvalue weighted by molar-refractivity contribution is 0.180. The summed E-state index contributed by atoms with van der Waals surface area (Å²) < 4.78 is 19.6. The molecule has 0 unspecified atom stereocenters. The maximum atomic E-state index is 13.3. The van der Waals surface area contributed by atoms with Crippen LogP contribution in [-0.2, 0) is 11.3 Å². The first kappa shape index (κ1) is 10.4. The highest BCUT2D eigenvalue weighted by Crippen LogP contribution is 2.24. The fraction of sp³-hybridized carbons (Fsp3) is 0.250. The van der Waals surface area contributed by atoms with Gasteiger partial charge in [-0.25, -0.2) is 4.39 Å². The minimum atomic E-state index is -0.202. The van der Waals surface area contributed by atoms with Crippen LogP contribution in [0.15, 0.2) is 16.6 Å². The minimum absolute atomic E-state index is 0.202. The molecule has 1 rings (SSSR count). The van der Waals surface area contributed by atoms with Crippen molar-refractivity contribution in [3.05, 3.63) is 31.6 Å². The Morgan fingerprint density at radius 1 is 1.58 bits per heavy atom. The van der Waals surface area contributed by atoms with Gasteiger partial charge in [0.1, 0.15) is 5.82 Å². The Morgan fingerprint density at radius 2 is 2.25 bits per heavy atom. The van der Waals surface area contributed by atoms with Crippen LogP contribution in [0.1, 0.15) is 5.56 Å². The lowest BCUT2D eigenvalue weighted by Crippen LogP contribution is -1.96. The van der Waals surface area contributed by atoms with Crippen molar-refractivity contribution in [2.24, 2.45) is 0 Å². The zero-order valence-electron chi connectivity index (χ0n) is 6.40. The van der Waals surface area contributed by atoms with E-state index in [9.17, 15) is 4.39 Å². The average molecular weight is 345 g/mol. The molecule has 0 atom stereocenters. The number of hydrogen-bond donors (Lipinski definition) is 0. The van der Waals surface area contributed by atoms with Gasteiger partial charge in [0.2, 0.25) is 0 Å². The second-order valence-electron chi connectivity index (χ2n) is 2.25. The quantitative estimate of drug-likeness (QED) is 0.590. The molecule has 66 valence electrons. The molecule has 0 aliphatic heterocycles. The average Bonchev–Trinajstić information content (AvgIpc) is 2.06. The van der Waals surface area contributed by atoms with Crippen molar-refractivity contribution in [1.29, 1.82) is 0 Å². The third kappa shape index (κ3) is 2.17. The van der Waals surface area contributed by atoms with Crippen molar-refractivity contribution in [2.45, 2.75) is 6.61 Å². The molecular weight excluding hydrogens is 338 g/mol. The van der Waals surface area contributed by atoms with E-state index in [0.29, 0.717) is 15.7 Å². The van der Waals surface area contributed by atoms with E-state index in [0.717, 1.165) is 4.47 Å². The monoisotopic (exact) mass is 344 g/mol. The molecule has 0 bridgehead atoms. The van der Waals surface area contributed by atoms with Crippen LogP contribution in [0.2, 0.25) is 0 Å². The van der Waals surface area contributed by atoms with Crippen LogP contribution in [-0.4, -0.2) is 7.11 Å². The predicted molar refractivity (Wildman–Crippen MR) is 57.5 cm³/mol. The normalized spacial score (nSPS) is 10.3. The van der Waals surface area contributed by atoms with Crippen molar-refractivity contribution >= 4 is 38.5 Å². The van der Waals surface area contributed by atoms with Gasteiger partial charge in [-0.3, -0.25) is 0 Å². The third-order valence-corrected chi connectivity index (χ3v) is 3.00. The molecule has 0 spiro atoms. The number of rotatable bonds is 2. The van der Waals surface area contributed by atoms with Crippen molar-refractivity contribution in [1.82, 2.24) is 0 Å². The van der Waals surface area contributed by atoms with Crippen molar-refractivity contribution in [2.75, 3.05) is 7.11 Å². The SMILES string of the molecule is COCc1c(Br)ccc(I)c1F. The first-order valence-electron chi connectivity index (χ1n) is 3.28. The third-order valence-electron chi connectivity index (χ3n) is 1.43. The van der Waals surface area contributed by atoms with Crippen LogP contribution in [0, 0.1) is 9.39 Å². The Hall–Kier alpha value is 0.320. The zero-order valence-corrected chi connectivity index (χ0v) is 10.1. The van der Waals surface area contributed by atoms with Crippen LogP contribution in [0.25, 0.3) is 0 Å². The Bertz CT molecular complexity index is 291. The minimum Gasteiger partial charge on any atom is -0.380 e. The first-order valence-corrected chi connectivity index (χ1v) is 5.15. The zero-order chi connectivity index (χ0) is 9.14. The molecule has 0 aliphatic rings. The summed E-state index contributed by atoms with van der Waals surface area (Å²) in [5.74, 6) is -0.202. The largest absolute Gasteiger partial charge is 0.380 e. The molecule has 0 aromatic heterocycles. The predicted octanol–water partition coefficient (Wildman–Crippen LogP) is 3.34. The summed E-state index contributed by atoms with van der Waals surface area (Å²) in [6.07, 6.45) is 0. The Balaban J connectivity index is 3.14. The van der Waals surface area contributed by atoms with Gasteiger partial charge in [0.25, 0.3) is 0 Å². The molecule has 0 fully saturated rings. The second kappa shape index (κ2) is 4.53. The van der Waals surface area contributed by atoms with Crippen LogP contribution < -0.4 is 0 Å².